The Hall–Kier alpha value is -2.35. The van der Waals surface area contributed by atoms with Gasteiger partial charge in [0.2, 0.25) is 5.91 Å². The molecule has 0 radical (unpaired) electrons. The number of carbonyl (C=O) groups is 2. The molecule has 0 spiro atoms. The minimum atomic E-state index is -0.431. The molecular formula is C16H20N2O3. The van der Waals surface area contributed by atoms with Crippen LogP contribution in [0.1, 0.15) is 31.7 Å². The van der Waals surface area contributed by atoms with E-state index in [1.165, 1.54) is 12.0 Å². The number of hydrogen-bond donors (Lipinski definition) is 0. The molecule has 0 aliphatic carbocycles. The van der Waals surface area contributed by atoms with Crippen molar-refractivity contribution < 1.29 is 14.3 Å². The third-order valence-corrected chi connectivity index (χ3v) is 3.06. The fourth-order valence-corrected chi connectivity index (χ4v) is 2.01. The van der Waals surface area contributed by atoms with E-state index in [0.29, 0.717) is 5.69 Å². The van der Waals surface area contributed by atoms with E-state index < -0.39 is 5.97 Å². The third kappa shape index (κ3) is 5.27. The Morgan fingerprint density at radius 3 is 2.71 bits per heavy atom. The summed E-state index contributed by atoms with van der Waals surface area (Å²) in [5.41, 5.74) is 1.82. The lowest BCUT2D eigenvalue weighted by Gasteiger charge is -2.20. The molecule has 0 atom stereocenters. The number of aryl methyl sites for hydroxylation is 1. The van der Waals surface area contributed by atoms with Crippen molar-refractivity contribution in [3.05, 3.63) is 29.8 Å². The SMILES string of the molecule is CCCc1cccc(N(CC#N)C(=O)CCC(=O)OC)c1. The van der Waals surface area contributed by atoms with E-state index in [2.05, 4.69) is 11.7 Å². The first-order chi connectivity index (χ1) is 10.1. The normalized spacial score (nSPS) is 9.76. The first-order valence-corrected chi connectivity index (χ1v) is 6.95. The fraction of sp³-hybridized carbons (Fsp3) is 0.438. The topological polar surface area (TPSA) is 70.4 Å². The Labute approximate surface area is 125 Å². The molecule has 0 bridgehead atoms. The van der Waals surface area contributed by atoms with Gasteiger partial charge in [-0.25, -0.2) is 0 Å². The quantitative estimate of drug-likeness (QED) is 0.571. The van der Waals surface area contributed by atoms with Gasteiger partial charge in [0.15, 0.2) is 0 Å². The van der Waals surface area contributed by atoms with Crippen LogP contribution < -0.4 is 4.90 Å². The smallest absolute Gasteiger partial charge is 0.306 e. The van der Waals surface area contributed by atoms with Crippen molar-refractivity contribution in [3.63, 3.8) is 0 Å². The van der Waals surface area contributed by atoms with E-state index in [1.54, 1.807) is 6.07 Å². The van der Waals surface area contributed by atoms with Crippen LogP contribution in [0, 0.1) is 11.3 Å². The second-order valence-electron chi connectivity index (χ2n) is 4.63. The molecule has 0 fully saturated rings. The van der Waals surface area contributed by atoms with Gasteiger partial charge in [-0.2, -0.15) is 5.26 Å². The Morgan fingerprint density at radius 1 is 1.33 bits per heavy atom. The predicted octanol–water partition coefficient (Wildman–Crippen LogP) is 2.45. The molecule has 0 heterocycles. The zero-order chi connectivity index (χ0) is 15.7. The number of carbonyl (C=O) groups excluding carboxylic acids is 2. The molecule has 5 nitrogen and oxygen atoms in total. The summed E-state index contributed by atoms with van der Waals surface area (Å²) in [6, 6.07) is 9.57. The first-order valence-electron chi connectivity index (χ1n) is 6.95. The molecule has 1 amide bonds. The Kier molecular flexibility index (Phi) is 6.96. The summed E-state index contributed by atoms with van der Waals surface area (Å²) in [7, 11) is 1.29. The van der Waals surface area contributed by atoms with Crippen molar-refractivity contribution in [2.45, 2.75) is 32.6 Å². The number of amides is 1. The van der Waals surface area contributed by atoms with Gasteiger partial charge in [-0.15, -0.1) is 0 Å². The lowest BCUT2D eigenvalue weighted by molar-refractivity contribution is -0.141. The maximum absolute atomic E-state index is 12.2. The van der Waals surface area contributed by atoms with Gasteiger partial charge in [0.05, 0.1) is 19.6 Å². The van der Waals surface area contributed by atoms with E-state index in [0.717, 1.165) is 18.4 Å². The first kappa shape index (κ1) is 16.7. The molecule has 5 heteroatoms. The molecule has 0 N–H and O–H groups in total. The molecule has 0 aliphatic heterocycles. The van der Waals surface area contributed by atoms with Gasteiger partial charge < -0.3 is 4.74 Å². The number of hydrogen-bond acceptors (Lipinski definition) is 4. The second-order valence-corrected chi connectivity index (χ2v) is 4.63. The van der Waals surface area contributed by atoms with Gasteiger partial charge in [-0.3, -0.25) is 14.5 Å². The van der Waals surface area contributed by atoms with E-state index in [4.69, 9.17) is 5.26 Å². The number of esters is 1. The summed E-state index contributed by atoms with van der Waals surface area (Å²) < 4.78 is 4.52. The Balaban J connectivity index is 2.85. The highest BCUT2D eigenvalue weighted by Crippen LogP contribution is 2.18. The lowest BCUT2D eigenvalue weighted by Crippen LogP contribution is -2.31. The van der Waals surface area contributed by atoms with Crippen LogP contribution in [0.3, 0.4) is 0 Å². The number of nitrogens with zero attached hydrogens (tertiary/aromatic N) is 2. The third-order valence-electron chi connectivity index (χ3n) is 3.06. The standard InChI is InChI=1S/C16H20N2O3/c1-3-5-13-6-4-7-14(12-13)18(11-10-17)15(19)8-9-16(20)21-2/h4,6-7,12H,3,5,8-9,11H2,1-2H3. The number of methoxy groups -OCH3 is 1. The molecule has 0 saturated heterocycles. The molecule has 1 aromatic carbocycles. The number of benzene rings is 1. The average Bonchev–Trinajstić information content (AvgIpc) is 2.50. The van der Waals surface area contributed by atoms with Crippen molar-refractivity contribution >= 4 is 17.6 Å². The molecule has 112 valence electrons. The number of nitriles is 1. The van der Waals surface area contributed by atoms with Crippen LogP contribution in [-0.2, 0) is 20.7 Å². The monoisotopic (exact) mass is 288 g/mol. The maximum atomic E-state index is 12.2. The minimum Gasteiger partial charge on any atom is -0.469 e. The van der Waals surface area contributed by atoms with Gasteiger partial charge in [0, 0.05) is 12.1 Å². The number of ether oxygens (including phenoxy) is 1. The van der Waals surface area contributed by atoms with E-state index in [9.17, 15) is 9.59 Å². The van der Waals surface area contributed by atoms with Crippen molar-refractivity contribution in [2.75, 3.05) is 18.6 Å². The zero-order valence-corrected chi connectivity index (χ0v) is 12.5. The molecule has 1 aromatic rings. The highest BCUT2D eigenvalue weighted by molar-refractivity contribution is 5.95. The summed E-state index contributed by atoms with van der Waals surface area (Å²) in [6.07, 6.45) is 1.99. The number of rotatable bonds is 7. The highest BCUT2D eigenvalue weighted by Gasteiger charge is 2.17. The molecule has 0 unspecified atom stereocenters. The van der Waals surface area contributed by atoms with Crippen molar-refractivity contribution in [1.82, 2.24) is 0 Å². The Morgan fingerprint density at radius 2 is 2.10 bits per heavy atom. The molecular weight excluding hydrogens is 268 g/mol. The second kappa shape index (κ2) is 8.75. The summed E-state index contributed by atoms with van der Waals surface area (Å²) in [5, 5.41) is 8.91. The summed E-state index contributed by atoms with van der Waals surface area (Å²) in [6.45, 7) is 2.05. The van der Waals surface area contributed by atoms with Crippen molar-refractivity contribution in [2.24, 2.45) is 0 Å². The van der Waals surface area contributed by atoms with Crippen LogP contribution in [-0.4, -0.2) is 25.5 Å². The molecule has 1 rings (SSSR count). The fourth-order valence-electron chi connectivity index (χ4n) is 2.01. The van der Waals surface area contributed by atoms with Crippen LogP contribution >= 0.6 is 0 Å². The largest absolute Gasteiger partial charge is 0.469 e. The van der Waals surface area contributed by atoms with Gasteiger partial charge >= 0.3 is 5.97 Å². The minimum absolute atomic E-state index is 0.0198. The average molecular weight is 288 g/mol. The van der Waals surface area contributed by atoms with Gasteiger partial charge in [-0.05, 0) is 24.1 Å². The van der Waals surface area contributed by atoms with Crippen LogP contribution in [0.4, 0.5) is 5.69 Å². The van der Waals surface area contributed by atoms with E-state index in [1.807, 2.05) is 24.3 Å². The van der Waals surface area contributed by atoms with E-state index >= 15 is 0 Å². The Bertz CT molecular complexity index is 535. The van der Waals surface area contributed by atoms with Gasteiger partial charge in [0.25, 0.3) is 0 Å². The summed E-state index contributed by atoms with van der Waals surface area (Å²) in [5.74, 6) is -0.685. The van der Waals surface area contributed by atoms with Crippen molar-refractivity contribution in [1.29, 1.82) is 5.26 Å². The highest BCUT2D eigenvalue weighted by atomic mass is 16.5. The van der Waals surface area contributed by atoms with Crippen molar-refractivity contribution in [3.8, 4) is 6.07 Å². The maximum Gasteiger partial charge on any atom is 0.306 e. The van der Waals surface area contributed by atoms with E-state index in [-0.39, 0.29) is 25.3 Å². The van der Waals surface area contributed by atoms with Crippen LogP contribution in [0.25, 0.3) is 0 Å². The molecule has 0 aliphatic rings. The van der Waals surface area contributed by atoms with Crippen LogP contribution in [0.2, 0.25) is 0 Å². The number of anilines is 1. The molecule has 0 saturated carbocycles. The van der Waals surface area contributed by atoms with Gasteiger partial charge in [0.1, 0.15) is 6.54 Å². The molecule has 0 aromatic heterocycles. The predicted molar refractivity (Wildman–Crippen MR) is 79.7 cm³/mol. The van der Waals surface area contributed by atoms with Gasteiger partial charge in [-0.1, -0.05) is 25.5 Å². The van der Waals surface area contributed by atoms with Crippen LogP contribution in [0.5, 0.6) is 0 Å². The van der Waals surface area contributed by atoms with Crippen LogP contribution in [0.15, 0.2) is 24.3 Å². The molecule has 21 heavy (non-hydrogen) atoms. The lowest BCUT2D eigenvalue weighted by atomic mass is 10.1. The summed E-state index contributed by atoms with van der Waals surface area (Å²) in [4.78, 5) is 24.7. The zero-order valence-electron chi connectivity index (χ0n) is 12.5. The summed E-state index contributed by atoms with van der Waals surface area (Å²) >= 11 is 0.